The summed E-state index contributed by atoms with van der Waals surface area (Å²) in [5.74, 6) is -0.546. The van der Waals surface area contributed by atoms with Gasteiger partial charge in [-0.05, 0) is 24.6 Å². The van der Waals surface area contributed by atoms with Crippen LogP contribution in [-0.2, 0) is 0 Å². The third-order valence-corrected chi connectivity index (χ3v) is 4.07. The number of hydrogen-bond donors (Lipinski definition) is 1. The van der Waals surface area contributed by atoms with Crippen molar-refractivity contribution in [3.05, 3.63) is 54.1 Å². The minimum Gasteiger partial charge on any atom is -0.391 e. The van der Waals surface area contributed by atoms with Gasteiger partial charge in [0.05, 0.1) is 12.1 Å². The Balaban J connectivity index is 1.83. The molecule has 3 heterocycles. The molecule has 1 N–H and O–H groups in total. The van der Waals surface area contributed by atoms with Crippen molar-refractivity contribution in [1.29, 1.82) is 0 Å². The lowest BCUT2D eigenvalue weighted by Gasteiger charge is -2.26. The van der Waals surface area contributed by atoms with E-state index < -0.39 is 23.8 Å². The zero-order valence-corrected chi connectivity index (χ0v) is 12.0. The number of fused-ring (bicyclic) bond motifs is 1. The second kappa shape index (κ2) is 5.24. The van der Waals surface area contributed by atoms with Crippen molar-refractivity contribution < 1.29 is 13.9 Å². The summed E-state index contributed by atoms with van der Waals surface area (Å²) < 4.78 is 29.4. The van der Waals surface area contributed by atoms with Gasteiger partial charge in [0.15, 0.2) is 5.82 Å². The highest BCUT2D eigenvalue weighted by molar-refractivity contribution is 5.65. The summed E-state index contributed by atoms with van der Waals surface area (Å²) >= 11 is 0. The minimum absolute atomic E-state index is 0.199. The van der Waals surface area contributed by atoms with E-state index in [4.69, 9.17) is 0 Å². The average Bonchev–Trinajstić information content (AvgIpc) is 3.15. The van der Waals surface area contributed by atoms with Crippen molar-refractivity contribution in [1.82, 2.24) is 19.6 Å². The number of aliphatic hydroxyl groups is 1. The highest BCUT2D eigenvalue weighted by Crippen LogP contribution is 2.37. The van der Waals surface area contributed by atoms with Crippen LogP contribution in [0.15, 0.2) is 36.9 Å². The molecule has 0 radical (unpaired) electrons. The Labute approximate surface area is 130 Å². The molecule has 0 saturated carbocycles. The normalized spacial score (nSPS) is 21.3. The molecule has 4 rings (SSSR count). The van der Waals surface area contributed by atoms with Crippen molar-refractivity contribution in [3.8, 4) is 0 Å². The van der Waals surface area contributed by atoms with Crippen LogP contribution in [0.3, 0.4) is 0 Å². The number of benzene rings is 1. The zero-order chi connectivity index (χ0) is 16.0. The fraction of sp³-hybridized carbons (Fsp3) is 0.267. The van der Waals surface area contributed by atoms with Crippen molar-refractivity contribution in [2.24, 2.45) is 0 Å². The molecule has 0 amide bonds. The Bertz CT molecular complexity index is 868. The molecule has 0 bridgehead atoms. The number of β-amino-alcohol motifs (C(OH)–C–C–N with tert-alkyl or cyclic N) is 1. The summed E-state index contributed by atoms with van der Waals surface area (Å²) in [5.41, 5.74) is 0.702. The van der Waals surface area contributed by atoms with E-state index in [-0.39, 0.29) is 18.5 Å². The maximum Gasteiger partial charge on any atom is 0.203 e. The second-order valence-corrected chi connectivity index (χ2v) is 5.54. The van der Waals surface area contributed by atoms with Crippen LogP contribution in [0.5, 0.6) is 0 Å². The molecule has 1 saturated heterocycles. The molecular formula is C15H13F2N5O. The molecule has 1 aliphatic rings. The van der Waals surface area contributed by atoms with Gasteiger partial charge in [-0.1, -0.05) is 0 Å². The maximum atomic E-state index is 14.2. The van der Waals surface area contributed by atoms with E-state index in [0.717, 1.165) is 18.2 Å². The van der Waals surface area contributed by atoms with Crippen molar-refractivity contribution in [3.63, 3.8) is 0 Å². The Morgan fingerprint density at radius 1 is 1.26 bits per heavy atom. The molecule has 6 nitrogen and oxygen atoms in total. The molecule has 0 aliphatic carbocycles. The molecule has 0 spiro atoms. The lowest BCUT2D eigenvalue weighted by Crippen LogP contribution is -2.26. The first-order valence-corrected chi connectivity index (χ1v) is 7.17. The molecule has 118 valence electrons. The van der Waals surface area contributed by atoms with Crippen LogP contribution in [0.25, 0.3) is 5.65 Å². The average molecular weight is 317 g/mol. The summed E-state index contributed by atoms with van der Waals surface area (Å²) in [5, 5.41) is 17.9. The van der Waals surface area contributed by atoms with Gasteiger partial charge in [-0.15, -0.1) is 10.2 Å². The number of nitrogens with zero attached hydrogens (tertiary/aromatic N) is 5. The number of rotatable bonds is 2. The summed E-state index contributed by atoms with van der Waals surface area (Å²) in [7, 11) is 0. The van der Waals surface area contributed by atoms with Crippen molar-refractivity contribution in [2.75, 3.05) is 11.4 Å². The zero-order valence-electron chi connectivity index (χ0n) is 12.0. The Morgan fingerprint density at radius 3 is 3.00 bits per heavy atom. The standard InChI is InChI=1S/C15H13F2N5O/c16-9-1-2-12(17)11(5-9)13-6-10(23)7-22(13)14-15-20-19-8-21(15)4-3-18-14/h1-5,8,10,13,23H,6-7H2/t10-,13-/m1/s1. The molecule has 23 heavy (non-hydrogen) atoms. The van der Waals surface area contributed by atoms with Gasteiger partial charge in [0.2, 0.25) is 5.65 Å². The first-order chi connectivity index (χ1) is 11.1. The number of aromatic nitrogens is 4. The van der Waals surface area contributed by atoms with Gasteiger partial charge < -0.3 is 10.0 Å². The predicted molar refractivity (Wildman–Crippen MR) is 77.9 cm³/mol. The third kappa shape index (κ3) is 2.31. The van der Waals surface area contributed by atoms with E-state index >= 15 is 0 Å². The van der Waals surface area contributed by atoms with Crippen LogP contribution >= 0.6 is 0 Å². The number of aliphatic hydroxyl groups excluding tert-OH is 1. The fourth-order valence-corrected chi connectivity index (χ4v) is 3.06. The van der Waals surface area contributed by atoms with Gasteiger partial charge in [0.1, 0.15) is 18.0 Å². The van der Waals surface area contributed by atoms with E-state index in [0.29, 0.717) is 11.5 Å². The number of anilines is 1. The molecule has 2 atom stereocenters. The van der Waals surface area contributed by atoms with Crippen LogP contribution in [0.1, 0.15) is 18.0 Å². The third-order valence-electron chi connectivity index (χ3n) is 4.07. The Hall–Kier alpha value is -2.61. The molecular weight excluding hydrogens is 304 g/mol. The van der Waals surface area contributed by atoms with E-state index in [2.05, 4.69) is 15.2 Å². The molecule has 3 aromatic rings. The largest absolute Gasteiger partial charge is 0.391 e. The fourth-order valence-electron chi connectivity index (χ4n) is 3.06. The monoisotopic (exact) mass is 317 g/mol. The molecule has 2 aromatic heterocycles. The van der Waals surface area contributed by atoms with Gasteiger partial charge in [-0.25, -0.2) is 13.8 Å². The van der Waals surface area contributed by atoms with Crippen molar-refractivity contribution >= 4 is 11.5 Å². The predicted octanol–water partition coefficient (Wildman–Crippen LogP) is 1.71. The lowest BCUT2D eigenvalue weighted by molar-refractivity contribution is 0.194. The molecule has 1 fully saturated rings. The van der Waals surface area contributed by atoms with Gasteiger partial charge >= 0.3 is 0 Å². The highest BCUT2D eigenvalue weighted by Gasteiger charge is 2.36. The van der Waals surface area contributed by atoms with Crippen LogP contribution < -0.4 is 4.90 Å². The Kier molecular flexibility index (Phi) is 3.19. The van der Waals surface area contributed by atoms with Crippen LogP contribution in [0, 0.1) is 11.6 Å². The van der Waals surface area contributed by atoms with E-state index in [1.165, 1.54) is 6.33 Å². The van der Waals surface area contributed by atoms with Gasteiger partial charge in [0.25, 0.3) is 0 Å². The summed E-state index contributed by atoms with van der Waals surface area (Å²) in [4.78, 5) is 6.04. The van der Waals surface area contributed by atoms with E-state index in [1.807, 2.05) is 0 Å². The first kappa shape index (κ1) is 14.0. The van der Waals surface area contributed by atoms with Gasteiger partial charge in [-0.3, -0.25) is 4.40 Å². The first-order valence-electron chi connectivity index (χ1n) is 7.17. The number of halogens is 2. The van der Waals surface area contributed by atoms with E-state index in [9.17, 15) is 13.9 Å². The second-order valence-electron chi connectivity index (χ2n) is 5.54. The van der Waals surface area contributed by atoms with E-state index in [1.54, 1.807) is 21.7 Å². The van der Waals surface area contributed by atoms with Gasteiger partial charge in [0, 0.05) is 24.5 Å². The maximum absolute atomic E-state index is 14.2. The van der Waals surface area contributed by atoms with Crippen LogP contribution in [0.4, 0.5) is 14.6 Å². The smallest absolute Gasteiger partial charge is 0.203 e. The number of hydrogen-bond acceptors (Lipinski definition) is 5. The minimum atomic E-state index is -0.660. The van der Waals surface area contributed by atoms with Gasteiger partial charge in [-0.2, -0.15) is 0 Å². The Morgan fingerprint density at radius 2 is 2.13 bits per heavy atom. The summed E-state index contributed by atoms with van der Waals surface area (Å²) in [6, 6.07) is 2.82. The van der Waals surface area contributed by atoms with Crippen molar-refractivity contribution in [2.45, 2.75) is 18.6 Å². The molecule has 8 heteroatoms. The quantitative estimate of drug-likeness (QED) is 0.779. The molecule has 1 aliphatic heterocycles. The summed E-state index contributed by atoms with van der Waals surface area (Å²) in [6.45, 7) is 0.264. The lowest BCUT2D eigenvalue weighted by atomic mass is 10.0. The molecule has 0 unspecified atom stereocenters. The topological polar surface area (TPSA) is 66.5 Å². The summed E-state index contributed by atoms with van der Waals surface area (Å²) in [6.07, 6.45) is 4.44. The SMILES string of the molecule is O[C@@H]1C[C@H](c2cc(F)ccc2F)N(c2nccn3cnnc23)C1. The highest BCUT2D eigenvalue weighted by atomic mass is 19.1. The van der Waals surface area contributed by atoms with Crippen LogP contribution in [-0.4, -0.2) is 37.3 Å². The van der Waals surface area contributed by atoms with Crippen LogP contribution in [0.2, 0.25) is 0 Å². The molecule has 1 aromatic carbocycles.